The van der Waals surface area contributed by atoms with E-state index in [-0.39, 0.29) is 19.0 Å². The molecule has 0 aliphatic carbocycles. The second-order valence-electron chi connectivity index (χ2n) is 7.29. The summed E-state index contributed by atoms with van der Waals surface area (Å²) in [6, 6.07) is 6.06. The molecule has 2 aliphatic rings. The van der Waals surface area contributed by atoms with Gasteiger partial charge in [-0.15, -0.1) is 23.7 Å². The second-order valence-corrected chi connectivity index (χ2v) is 9.51. The Kier molecular flexibility index (Phi) is 7.97. The van der Waals surface area contributed by atoms with Gasteiger partial charge >= 0.3 is 6.18 Å². The Morgan fingerprint density at radius 3 is 2.30 bits per heavy atom. The molecule has 0 bridgehead atoms. The fourth-order valence-corrected chi connectivity index (χ4v) is 6.00. The number of nitrogens with zero attached hydrogens (tertiary/aromatic N) is 3. The molecule has 0 radical (unpaired) electrons. The van der Waals surface area contributed by atoms with Crippen molar-refractivity contribution >= 4 is 46.9 Å². The lowest BCUT2D eigenvalue weighted by Crippen LogP contribution is -2.47. The first kappa shape index (κ1) is 23.7. The van der Waals surface area contributed by atoms with Crippen molar-refractivity contribution in [3.63, 3.8) is 0 Å². The predicted octanol–water partition coefficient (Wildman–Crippen LogP) is 4.79. The van der Waals surface area contributed by atoms with Gasteiger partial charge in [-0.1, -0.05) is 11.8 Å². The number of benzene rings is 1. The molecule has 0 atom stereocenters. The molecule has 30 heavy (non-hydrogen) atoms. The molecule has 1 saturated heterocycles. The number of alkyl halides is 3. The van der Waals surface area contributed by atoms with Crippen molar-refractivity contribution in [2.24, 2.45) is 0 Å². The minimum Gasteiger partial charge on any atom is -0.395 e. The zero-order valence-electron chi connectivity index (χ0n) is 16.4. The largest absolute Gasteiger partial charge is 0.416 e. The Hall–Kier alpha value is -0.970. The minimum atomic E-state index is -4.34. The van der Waals surface area contributed by atoms with Gasteiger partial charge in [-0.05, 0) is 42.6 Å². The summed E-state index contributed by atoms with van der Waals surface area (Å²) in [5.74, 6) is 0. The van der Waals surface area contributed by atoms with Crippen molar-refractivity contribution < 1.29 is 18.3 Å². The molecule has 10 heteroatoms. The lowest BCUT2D eigenvalue weighted by Gasteiger charge is -2.35. The quantitative estimate of drug-likeness (QED) is 0.643. The number of anilines is 2. The molecule has 4 nitrogen and oxygen atoms in total. The molecule has 4 rings (SSSR count). The number of aliphatic hydroxyl groups excluding tert-OH is 1. The second kappa shape index (κ2) is 10.1. The third kappa shape index (κ3) is 5.26. The van der Waals surface area contributed by atoms with Gasteiger partial charge in [-0.3, -0.25) is 4.90 Å². The Morgan fingerprint density at radius 2 is 1.63 bits per heavy atom. The Bertz CT molecular complexity index is 841. The van der Waals surface area contributed by atoms with Gasteiger partial charge in [0, 0.05) is 44.2 Å². The molecule has 0 amide bonds. The van der Waals surface area contributed by atoms with E-state index in [9.17, 15) is 13.2 Å². The van der Waals surface area contributed by atoms with E-state index in [0.29, 0.717) is 12.2 Å². The van der Waals surface area contributed by atoms with Crippen molar-refractivity contribution in [3.8, 4) is 0 Å². The number of piperazine rings is 1. The molecule has 0 spiro atoms. The highest BCUT2D eigenvalue weighted by Crippen LogP contribution is 2.51. The fraction of sp³-hybridized carbons (Fsp3) is 0.500. The molecule has 0 saturated carbocycles. The van der Waals surface area contributed by atoms with Crippen LogP contribution in [-0.4, -0.2) is 67.3 Å². The van der Waals surface area contributed by atoms with Gasteiger partial charge < -0.3 is 14.9 Å². The number of halogens is 4. The van der Waals surface area contributed by atoms with Crippen LogP contribution < -0.4 is 4.90 Å². The predicted molar refractivity (Wildman–Crippen MR) is 119 cm³/mol. The Morgan fingerprint density at radius 1 is 0.933 bits per heavy atom. The van der Waals surface area contributed by atoms with E-state index < -0.39 is 11.7 Å². The van der Waals surface area contributed by atoms with Crippen LogP contribution in [0.4, 0.5) is 24.5 Å². The molecule has 166 valence electrons. The van der Waals surface area contributed by atoms with E-state index in [1.165, 1.54) is 12.1 Å². The summed E-state index contributed by atoms with van der Waals surface area (Å²) in [5, 5.41) is 11.1. The van der Waals surface area contributed by atoms with Crippen molar-refractivity contribution in [1.29, 1.82) is 0 Å². The maximum absolute atomic E-state index is 13.3. The molecular formula is C20H25ClF3N3OS2. The summed E-state index contributed by atoms with van der Waals surface area (Å²) in [5.41, 5.74) is 1.07. The van der Waals surface area contributed by atoms with E-state index in [1.807, 2.05) is 11.4 Å². The van der Waals surface area contributed by atoms with Gasteiger partial charge in [-0.25, -0.2) is 0 Å². The lowest BCUT2D eigenvalue weighted by molar-refractivity contribution is -0.137. The van der Waals surface area contributed by atoms with Crippen LogP contribution in [0.15, 0.2) is 38.8 Å². The monoisotopic (exact) mass is 479 g/mol. The Balaban J connectivity index is 0.00000256. The molecule has 3 heterocycles. The summed E-state index contributed by atoms with van der Waals surface area (Å²) in [6.45, 7) is 6.36. The van der Waals surface area contributed by atoms with Gasteiger partial charge in [0.2, 0.25) is 0 Å². The highest BCUT2D eigenvalue weighted by Gasteiger charge is 2.33. The highest BCUT2D eigenvalue weighted by atomic mass is 35.5. The van der Waals surface area contributed by atoms with Crippen LogP contribution in [0.25, 0.3) is 0 Å². The molecule has 1 aromatic heterocycles. The third-order valence-electron chi connectivity index (χ3n) is 5.42. The summed E-state index contributed by atoms with van der Waals surface area (Å²) < 4.78 is 40.9. The minimum absolute atomic E-state index is 0. The third-order valence-corrected chi connectivity index (χ3v) is 7.61. The number of β-amino-alcohol motifs (C(OH)–C–C–N with tert-alkyl or cyclic N) is 1. The average Bonchev–Trinajstić information content (AvgIpc) is 3.16. The zero-order chi connectivity index (χ0) is 20.4. The van der Waals surface area contributed by atoms with E-state index in [4.69, 9.17) is 5.11 Å². The zero-order valence-corrected chi connectivity index (χ0v) is 18.8. The highest BCUT2D eigenvalue weighted by molar-refractivity contribution is 8.01. The van der Waals surface area contributed by atoms with Crippen molar-refractivity contribution in [1.82, 2.24) is 9.80 Å². The van der Waals surface area contributed by atoms with Crippen LogP contribution in [0.2, 0.25) is 0 Å². The average molecular weight is 480 g/mol. The normalized spacial score (nSPS) is 17.4. The van der Waals surface area contributed by atoms with Crippen LogP contribution in [0.1, 0.15) is 12.0 Å². The molecule has 2 aliphatic heterocycles. The standard InChI is InChI=1S/C20H24F3N3OS2.ClH/c21-20(22,23)15-2-3-18-17(14-15)26(16-4-13-28-19(16)29-18)6-1-5-24-7-9-25(10-8-24)11-12-27;/h2-4,13-14,27H,1,5-12H2;1H. The number of rotatable bonds is 6. The van der Waals surface area contributed by atoms with Crippen molar-refractivity contribution in [3.05, 3.63) is 35.2 Å². The molecule has 1 fully saturated rings. The van der Waals surface area contributed by atoms with Crippen LogP contribution in [-0.2, 0) is 6.18 Å². The number of hydrogen-bond acceptors (Lipinski definition) is 6. The van der Waals surface area contributed by atoms with Crippen LogP contribution >= 0.6 is 35.5 Å². The van der Waals surface area contributed by atoms with Crippen molar-refractivity contribution in [2.75, 3.05) is 57.3 Å². The summed E-state index contributed by atoms with van der Waals surface area (Å²) in [4.78, 5) is 7.58. The number of fused-ring (bicyclic) bond motifs is 2. The first-order valence-electron chi connectivity index (χ1n) is 9.75. The van der Waals surface area contributed by atoms with E-state index in [2.05, 4.69) is 14.7 Å². The van der Waals surface area contributed by atoms with E-state index in [0.717, 1.165) is 60.5 Å². The summed E-state index contributed by atoms with van der Waals surface area (Å²) in [6.07, 6.45) is -3.45. The molecule has 0 unspecified atom stereocenters. The fourth-order valence-electron chi connectivity index (χ4n) is 3.86. The van der Waals surface area contributed by atoms with E-state index in [1.54, 1.807) is 29.2 Å². The topological polar surface area (TPSA) is 30.0 Å². The number of thiophene rings is 1. The van der Waals surface area contributed by atoms with Crippen LogP contribution in [0.5, 0.6) is 0 Å². The van der Waals surface area contributed by atoms with Gasteiger partial charge in [0.05, 0.1) is 27.8 Å². The Labute approximate surface area is 189 Å². The van der Waals surface area contributed by atoms with Gasteiger partial charge in [0.25, 0.3) is 0 Å². The van der Waals surface area contributed by atoms with Crippen molar-refractivity contribution in [2.45, 2.75) is 21.7 Å². The van der Waals surface area contributed by atoms with Crippen LogP contribution in [0.3, 0.4) is 0 Å². The summed E-state index contributed by atoms with van der Waals surface area (Å²) >= 11 is 3.18. The van der Waals surface area contributed by atoms with Gasteiger partial charge in [0.15, 0.2) is 0 Å². The molecule has 2 aromatic rings. The lowest BCUT2D eigenvalue weighted by atomic mass is 10.1. The molecular weight excluding hydrogens is 455 g/mol. The number of hydrogen-bond donors (Lipinski definition) is 1. The smallest absolute Gasteiger partial charge is 0.395 e. The first-order valence-corrected chi connectivity index (χ1v) is 11.4. The SMILES string of the molecule is Cl.OCCN1CCN(CCCN2c3cc(C(F)(F)F)ccc3Sc3sccc32)CC1. The summed E-state index contributed by atoms with van der Waals surface area (Å²) in [7, 11) is 0. The molecule has 1 aromatic carbocycles. The van der Waals surface area contributed by atoms with Crippen LogP contribution in [0, 0.1) is 0 Å². The van der Waals surface area contributed by atoms with Gasteiger partial charge in [0.1, 0.15) is 0 Å². The molecule has 1 N–H and O–H groups in total. The number of aliphatic hydroxyl groups is 1. The first-order chi connectivity index (χ1) is 14.0. The van der Waals surface area contributed by atoms with E-state index >= 15 is 0 Å². The van der Waals surface area contributed by atoms with Gasteiger partial charge in [-0.2, -0.15) is 13.2 Å². The maximum Gasteiger partial charge on any atom is 0.416 e. The maximum atomic E-state index is 13.3.